The minimum Gasteiger partial charge on any atom is -0.344 e. The van der Waals surface area contributed by atoms with E-state index in [1.165, 1.54) is 26.9 Å². The van der Waals surface area contributed by atoms with E-state index in [0.29, 0.717) is 0 Å². The van der Waals surface area contributed by atoms with Crippen molar-refractivity contribution in [2.24, 2.45) is 0 Å². The maximum absolute atomic E-state index is 12.3. The van der Waals surface area contributed by atoms with Gasteiger partial charge in [0.2, 0.25) is 0 Å². The van der Waals surface area contributed by atoms with Gasteiger partial charge in [0, 0.05) is 32.0 Å². The average molecular weight is 426 g/mol. The first-order valence-corrected chi connectivity index (χ1v) is 11.4. The van der Waals surface area contributed by atoms with Crippen molar-refractivity contribution in [3.05, 3.63) is 32.6 Å². The SMILES string of the molecule is COP(C)(=O)O[C@@H]1C[C@H](n2cc(C)c(=O)[nH]c2=O)OC12COP(=O)(O)OC2. The number of ether oxygens (including phenoxy) is 1. The molecule has 3 atom stereocenters. The number of hydrogen-bond donors (Lipinski definition) is 2. The Kier molecular flexibility index (Phi) is 5.39. The van der Waals surface area contributed by atoms with Gasteiger partial charge in [-0.25, -0.2) is 9.36 Å². The molecule has 0 aromatic carbocycles. The van der Waals surface area contributed by atoms with Crippen LogP contribution in [0.4, 0.5) is 0 Å². The summed E-state index contributed by atoms with van der Waals surface area (Å²) in [5, 5.41) is 0. The number of H-pyrrole nitrogens is 1. The Bertz CT molecular complexity index is 928. The second-order valence-electron chi connectivity index (χ2n) is 6.42. The minimum absolute atomic E-state index is 0.0367. The molecule has 1 unspecified atom stereocenters. The average Bonchev–Trinajstić information content (AvgIpc) is 2.92. The van der Waals surface area contributed by atoms with E-state index in [0.717, 1.165) is 4.57 Å². The van der Waals surface area contributed by atoms with Crippen molar-refractivity contribution in [3.63, 3.8) is 0 Å². The summed E-state index contributed by atoms with van der Waals surface area (Å²) in [5.74, 6) is 0. The van der Waals surface area contributed by atoms with Crippen LogP contribution in [0.1, 0.15) is 18.2 Å². The van der Waals surface area contributed by atoms with E-state index in [2.05, 4.69) is 4.98 Å². The first-order chi connectivity index (χ1) is 12.5. The maximum Gasteiger partial charge on any atom is 0.472 e. The standard InChI is InChI=1S/C13H20N2O10P2/c1-8-5-15(12(17)14-11(8)16)10-4-9(25-26(3,18)21-2)13(24-10)6-22-27(19,20)23-7-13/h5,9-10H,4,6-7H2,1-3H3,(H,19,20)(H,14,16,17)/t9-,10-,26?/m1/s1. The Morgan fingerprint density at radius 1 is 1.41 bits per heavy atom. The summed E-state index contributed by atoms with van der Waals surface area (Å²) in [6.45, 7) is 2.00. The fourth-order valence-electron chi connectivity index (χ4n) is 2.89. The Morgan fingerprint density at radius 2 is 2.04 bits per heavy atom. The highest BCUT2D eigenvalue weighted by molar-refractivity contribution is 7.53. The molecular weight excluding hydrogens is 406 g/mol. The zero-order chi connectivity index (χ0) is 20.0. The molecule has 12 nitrogen and oxygen atoms in total. The number of aromatic nitrogens is 2. The predicted octanol–water partition coefficient (Wildman–Crippen LogP) is 0.504. The third-order valence-electron chi connectivity index (χ3n) is 4.42. The maximum atomic E-state index is 12.3. The number of aryl methyl sites for hydroxylation is 1. The van der Waals surface area contributed by atoms with Gasteiger partial charge in [-0.1, -0.05) is 0 Å². The lowest BCUT2D eigenvalue weighted by Gasteiger charge is -2.38. The van der Waals surface area contributed by atoms with Crippen LogP contribution in [0.25, 0.3) is 0 Å². The first-order valence-electron chi connectivity index (χ1n) is 7.90. The second-order valence-corrected chi connectivity index (χ2v) is 9.99. The summed E-state index contributed by atoms with van der Waals surface area (Å²) in [7, 11) is -6.47. The molecule has 0 saturated carbocycles. The molecule has 3 heterocycles. The molecule has 0 bridgehead atoms. The van der Waals surface area contributed by atoms with Crippen LogP contribution >= 0.6 is 15.4 Å². The van der Waals surface area contributed by atoms with E-state index in [4.69, 9.17) is 22.8 Å². The monoisotopic (exact) mass is 426 g/mol. The van der Waals surface area contributed by atoms with Gasteiger partial charge >= 0.3 is 21.1 Å². The number of nitrogens with zero attached hydrogens (tertiary/aromatic N) is 1. The molecule has 2 aliphatic heterocycles. The van der Waals surface area contributed by atoms with Gasteiger partial charge in [-0.15, -0.1) is 0 Å². The fourth-order valence-corrected chi connectivity index (χ4v) is 4.56. The van der Waals surface area contributed by atoms with Crippen LogP contribution in [-0.2, 0) is 32.0 Å². The first kappa shape index (κ1) is 20.6. The largest absolute Gasteiger partial charge is 0.472 e. The summed E-state index contributed by atoms with van der Waals surface area (Å²) < 4.78 is 51.0. The van der Waals surface area contributed by atoms with Crippen LogP contribution < -0.4 is 11.2 Å². The molecular formula is C13H20N2O10P2. The van der Waals surface area contributed by atoms with Crippen LogP contribution in [-0.4, -0.2) is 53.1 Å². The molecule has 3 rings (SSSR count). The Balaban J connectivity index is 1.96. The van der Waals surface area contributed by atoms with E-state index in [-0.39, 0.29) is 25.2 Å². The number of rotatable bonds is 4. The molecule has 14 heteroatoms. The fraction of sp³-hybridized carbons (Fsp3) is 0.692. The molecule has 2 N–H and O–H groups in total. The second kappa shape index (κ2) is 7.06. The summed E-state index contributed by atoms with van der Waals surface area (Å²) in [6, 6.07) is 0. The lowest BCUT2D eigenvalue weighted by atomic mass is 9.99. The number of hydrogen-bond acceptors (Lipinski definition) is 9. The van der Waals surface area contributed by atoms with Crippen LogP contribution in [0.2, 0.25) is 0 Å². The van der Waals surface area contributed by atoms with Crippen molar-refractivity contribution in [2.75, 3.05) is 27.0 Å². The van der Waals surface area contributed by atoms with Crippen molar-refractivity contribution in [1.82, 2.24) is 9.55 Å². The molecule has 2 saturated heterocycles. The van der Waals surface area contributed by atoms with Crippen LogP contribution in [0, 0.1) is 6.92 Å². The van der Waals surface area contributed by atoms with Crippen molar-refractivity contribution in [2.45, 2.75) is 31.3 Å². The van der Waals surface area contributed by atoms with Crippen molar-refractivity contribution in [1.29, 1.82) is 0 Å². The molecule has 0 amide bonds. The number of nitrogens with one attached hydrogen (secondary N) is 1. The molecule has 0 aliphatic carbocycles. The number of phosphoric ester groups is 1. The summed E-state index contributed by atoms with van der Waals surface area (Å²) in [6.07, 6.45) is -0.490. The quantitative estimate of drug-likeness (QED) is 0.650. The Hall–Kier alpha value is -1.10. The highest BCUT2D eigenvalue weighted by atomic mass is 31.2. The molecule has 27 heavy (non-hydrogen) atoms. The molecule has 1 spiro atoms. The highest BCUT2D eigenvalue weighted by Gasteiger charge is 2.57. The van der Waals surface area contributed by atoms with Gasteiger partial charge in [0.15, 0.2) is 0 Å². The third-order valence-corrected chi connectivity index (χ3v) is 6.64. The zero-order valence-corrected chi connectivity index (χ0v) is 16.6. The van der Waals surface area contributed by atoms with Crippen molar-refractivity contribution in [3.8, 4) is 0 Å². The van der Waals surface area contributed by atoms with E-state index < -0.39 is 44.6 Å². The molecule has 1 aromatic heterocycles. The van der Waals surface area contributed by atoms with Gasteiger partial charge in [0.05, 0.1) is 13.2 Å². The van der Waals surface area contributed by atoms with Gasteiger partial charge in [-0.3, -0.25) is 28.0 Å². The topological polar surface area (TPSA) is 155 Å². The smallest absolute Gasteiger partial charge is 0.344 e. The zero-order valence-electron chi connectivity index (χ0n) is 14.8. The Labute approximate surface area is 153 Å². The molecule has 2 aliphatic rings. The predicted molar refractivity (Wildman–Crippen MR) is 90.7 cm³/mol. The lowest BCUT2D eigenvalue weighted by molar-refractivity contribution is -0.161. The molecule has 152 valence electrons. The van der Waals surface area contributed by atoms with Gasteiger partial charge in [-0.2, -0.15) is 0 Å². The van der Waals surface area contributed by atoms with E-state index >= 15 is 0 Å². The van der Waals surface area contributed by atoms with Crippen LogP contribution in [0.5, 0.6) is 0 Å². The third kappa shape index (κ3) is 4.18. The summed E-state index contributed by atoms with van der Waals surface area (Å²) in [5.41, 5.74) is -2.34. The molecule has 1 aromatic rings. The lowest BCUT2D eigenvalue weighted by Crippen LogP contribution is -2.51. The van der Waals surface area contributed by atoms with E-state index in [1.54, 1.807) is 0 Å². The van der Waals surface area contributed by atoms with E-state index in [9.17, 15) is 23.6 Å². The Morgan fingerprint density at radius 3 is 2.63 bits per heavy atom. The minimum atomic E-state index is -4.22. The molecule has 0 radical (unpaired) electrons. The van der Waals surface area contributed by atoms with E-state index in [1.807, 2.05) is 0 Å². The van der Waals surface area contributed by atoms with Crippen molar-refractivity contribution >= 4 is 15.4 Å². The van der Waals surface area contributed by atoms with Crippen molar-refractivity contribution < 1.29 is 36.9 Å². The highest BCUT2D eigenvalue weighted by Crippen LogP contribution is 2.56. The summed E-state index contributed by atoms with van der Waals surface area (Å²) in [4.78, 5) is 35.3. The van der Waals surface area contributed by atoms with Crippen LogP contribution in [0.3, 0.4) is 0 Å². The van der Waals surface area contributed by atoms with Gasteiger partial charge in [0.1, 0.15) is 17.9 Å². The van der Waals surface area contributed by atoms with Gasteiger partial charge in [-0.05, 0) is 6.92 Å². The van der Waals surface area contributed by atoms with Gasteiger partial charge < -0.3 is 18.7 Å². The normalized spacial score (nSPS) is 36.0. The number of phosphoric acid groups is 1. The summed E-state index contributed by atoms with van der Waals surface area (Å²) >= 11 is 0. The molecule has 2 fully saturated rings. The number of aromatic amines is 1. The van der Waals surface area contributed by atoms with Crippen LogP contribution in [0.15, 0.2) is 15.8 Å². The van der Waals surface area contributed by atoms with Gasteiger partial charge in [0.25, 0.3) is 5.56 Å².